The van der Waals surface area contributed by atoms with Crippen LogP contribution in [0.2, 0.25) is 0 Å². The second-order valence-electron chi connectivity index (χ2n) is 5.50. The SMILES string of the molecule is CC1CCC(O)(CNCc2ccccc2)CC1. The van der Waals surface area contributed by atoms with Crippen molar-refractivity contribution in [1.82, 2.24) is 5.32 Å². The van der Waals surface area contributed by atoms with Crippen LogP contribution in [0.4, 0.5) is 0 Å². The maximum atomic E-state index is 10.4. The van der Waals surface area contributed by atoms with E-state index in [1.165, 1.54) is 5.56 Å². The highest BCUT2D eigenvalue weighted by Gasteiger charge is 2.31. The predicted molar refractivity (Wildman–Crippen MR) is 70.7 cm³/mol. The molecule has 2 rings (SSSR count). The molecule has 0 amide bonds. The number of hydrogen-bond acceptors (Lipinski definition) is 2. The van der Waals surface area contributed by atoms with Crippen molar-refractivity contribution in [2.24, 2.45) is 5.92 Å². The zero-order chi connectivity index (χ0) is 12.1. The van der Waals surface area contributed by atoms with Crippen molar-refractivity contribution in [2.45, 2.75) is 44.8 Å². The Bertz CT molecular complexity index is 328. The molecule has 1 saturated carbocycles. The molecule has 1 fully saturated rings. The van der Waals surface area contributed by atoms with Gasteiger partial charge in [0, 0.05) is 13.1 Å². The minimum Gasteiger partial charge on any atom is -0.389 e. The molecule has 0 saturated heterocycles. The van der Waals surface area contributed by atoms with Gasteiger partial charge in [-0.1, -0.05) is 37.3 Å². The van der Waals surface area contributed by atoms with Crippen molar-refractivity contribution in [1.29, 1.82) is 0 Å². The largest absolute Gasteiger partial charge is 0.389 e. The van der Waals surface area contributed by atoms with E-state index in [4.69, 9.17) is 0 Å². The van der Waals surface area contributed by atoms with Crippen molar-refractivity contribution < 1.29 is 5.11 Å². The fourth-order valence-corrected chi connectivity index (χ4v) is 2.51. The molecule has 0 atom stereocenters. The molecule has 0 spiro atoms. The summed E-state index contributed by atoms with van der Waals surface area (Å²) in [7, 11) is 0. The first-order chi connectivity index (χ1) is 8.18. The van der Waals surface area contributed by atoms with Crippen LogP contribution in [0, 0.1) is 5.92 Å². The van der Waals surface area contributed by atoms with Crippen molar-refractivity contribution >= 4 is 0 Å². The molecule has 0 aliphatic heterocycles. The third-order valence-electron chi connectivity index (χ3n) is 3.83. The number of nitrogens with one attached hydrogen (secondary N) is 1. The highest BCUT2D eigenvalue weighted by Crippen LogP contribution is 2.31. The zero-order valence-corrected chi connectivity index (χ0v) is 10.7. The Morgan fingerprint density at radius 1 is 1.24 bits per heavy atom. The lowest BCUT2D eigenvalue weighted by Crippen LogP contribution is -2.43. The van der Waals surface area contributed by atoms with Crippen LogP contribution in [0.15, 0.2) is 30.3 Å². The van der Waals surface area contributed by atoms with Crippen LogP contribution >= 0.6 is 0 Å². The summed E-state index contributed by atoms with van der Waals surface area (Å²) in [5.74, 6) is 0.782. The Balaban J connectivity index is 1.75. The lowest BCUT2D eigenvalue weighted by Gasteiger charge is -2.35. The Morgan fingerprint density at radius 3 is 2.53 bits per heavy atom. The van der Waals surface area contributed by atoms with E-state index < -0.39 is 5.60 Å². The monoisotopic (exact) mass is 233 g/mol. The molecule has 2 heteroatoms. The predicted octanol–water partition coefficient (Wildman–Crippen LogP) is 2.72. The third kappa shape index (κ3) is 3.83. The summed E-state index contributed by atoms with van der Waals surface area (Å²) < 4.78 is 0. The van der Waals surface area contributed by atoms with Crippen LogP contribution in [0.1, 0.15) is 38.2 Å². The van der Waals surface area contributed by atoms with Gasteiger partial charge in [0.1, 0.15) is 0 Å². The van der Waals surface area contributed by atoms with Crippen LogP contribution < -0.4 is 5.32 Å². The summed E-state index contributed by atoms with van der Waals surface area (Å²) in [6.45, 7) is 3.84. The van der Waals surface area contributed by atoms with Crippen LogP contribution in [-0.2, 0) is 6.54 Å². The average molecular weight is 233 g/mol. The normalized spacial score (nSPS) is 29.2. The summed E-state index contributed by atoms with van der Waals surface area (Å²) in [6.07, 6.45) is 4.19. The quantitative estimate of drug-likeness (QED) is 0.838. The number of benzene rings is 1. The second-order valence-corrected chi connectivity index (χ2v) is 5.50. The fraction of sp³-hybridized carbons (Fsp3) is 0.600. The molecule has 1 aliphatic rings. The van der Waals surface area contributed by atoms with Gasteiger partial charge < -0.3 is 10.4 Å². The third-order valence-corrected chi connectivity index (χ3v) is 3.83. The standard InChI is InChI=1S/C15H23NO/c1-13-7-9-15(17,10-8-13)12-16-11-14-5-3-2-4-6-14/h2-6,13,16-17H,7-12H2,1H3. The first kappa shape index (κ1) is 12.6. The molecule has 1 aromatic rings. The van der Waals surface area contributed by atoms with Gasteiger partial charge in [0.2, 0.25) is 0 Å². The molecular weight excluding hydrogens is 210 g/mol. The van der Waals surface area contributed by atoms with Gasteiger partial charge in [0.25, 0.3) is 0 Å². The lowest BCUT2D eigenvalue weighted by molar-refractivity contribution is -0.00630. The Labute approximate surface area is 104 Å². The van der Waals surface area contributed by atoms with E-state index in [1.807, 2.05) is 18.2 Å². The summed E-state index contributed by atoms with van der Waals surface area (Å²) in [5, 5.41) is 13.8. The fourth-order valence-electron chi connectivity index (χ4n) is 2.51. The van der Waals surface area contributed by atoms with Gasteiger partial charge >= 0.3 is 0 Å². The zero-order valence-electron chi connectivity index (χ0n) is 10.7. The van der Waals surface area contributed by atoms with Crippen LogP contribution in [0.3, 0.4) is 0 Å². The lowest BCUT2D eigenvalue weighted by atomic mass is 9.79. The van der Waals surface area contributed by atoms with Crippen molar-refractivity contribution in [2.75, 3.05) is 6.54 Å². The second kappa shape index (κ2) is 5.65. The smallest absolute Gasteiger partial charge is 0.0771 e. The molecule has 0 aromatic heterocycles. The summed E-state index contributed by atoms with van der Waals surface area (Å²) in [6, 6.07) is 10.3. The Hall–Kier alpha value is -0.860. The number of rotatable bonds is 4. The molecule has 2 N–H and O–H groups in total. The molecule has 0 unspecified atom stereocenters. The molecule has 1 aromatic carbocycles. The van der Waals surface area contributed by atoms with E-state index in [0.29, 0.717) is 6.54 Å². The van der Waals surface area contributed by atoms with Crippen molar-refractivity contribution in [3.63, 3.8) is 0 Å². The molecular formula is C15H23NO. The van der Waals surface area contributed by atoms with Gasteiger partial charge in [-0.3, -0.25) is 0 Å². The molecule has 17 heavy (non-hydrogen) atoms. The van der Waals surface area contributed by atoms with Gasteiger partial charge in [0.05, 0.1) is 5.60 Å². The average Bonchev–Trinajstić information content (AvgIpc) is 2.35. The van der Waals surface area contributed by atoms with Gasteiger partial charge in [-0.05, 0) is 37.2 Å². The Morgan fingerprint density at radius 2 is 1.88 bits per heavy atom. The van der Waals surface area contributed by atoms with E-state index in [-0.39, 0.29) is 0 Å². The number of aliphatic hydroxyl groups is 1. The highest BCUT2D eigenvalue weighted by molar-refractivity contribution is 5.14. The summed E-state index contributed by atoms with van der Waals surface area (Å²) >= 11 is 0. The topological polar surface area (TPSA) is 32.3 Å². The first-order valence-corrected chi connectivity index (χ1v) is 6.65. The van der Waals surface area contributed by atoms with Crippen LogP contribution in [0.5, 0.6) is 0 Å². The van der Waals surface area contributed by atoms with Gasteiger partial charge in [-0.15, -0.1) is 0 Å². The Kier molecular flexibility index (Phi) is 4.19. The van der Waals surface area contributed by atoms with E-state index in [9.17, 15) is 5.11 Å². The molecule has 0 radical (unpaired) electrons. The van der Waals surface area contributed by atoms with E-state index in [0.717, 1.165) is 38.1 Å². The molecule has 1 aliphatic carbocycles. The number of hydrogen-bond donors (Lipinski definition) is 2. The summed E-state index contributed by atoms with van der Waals surface area (Å²) in [4.78, 5) is 0. The van der Waals surface area contributed by atoms with Crippen molar-refractivity contribution in [3.8, 4) is 0 Å². The van der Waals surface area contributed by atoms with Gasteiger partial charge in [-0.2, -0.15) is 0 Å². The molecule has 0 heterocycles. The molecule has 94 valence electrons. The van der Waals surface area contributed by atoms with Gasteiger partial charge in [0.15, 0.2) is 0 Å². The first-order valence-electron chi connectivity index (χ1n) is 6.65. The molecule has 2 nitrogen and oxygen atoms in total. The van der Waals surface area contributed by atoms with Gasteiger partial charge in [-0.25, -0.2) is 0 Å². The van der Waals surface area contributed by atoms with E-state index in [1.54, 1.807) is 0 Å². The minimum atomic E-state index is -0.471. The van der Waals surface area contributed by atoms with E-state index in [2.05, 4.69) is 24.4 Å². The van der Waals surface area contributed by atoms with Crippen molar-refractivity contribution in [3.05, 3.63) is 35.9 Å². The van der Waals surface area contributed by atoms with Crippen LogP contribution in [-0.4, -0.2) is 17.3 Å². The van der Waals surface area contributed by atoms with E-state index >= 15 is 0 Å². The highest BCUT2D eigenvalue weighted by atomic mass is 16.3. The molecule has 0 bridgehead atoms. The van der Waals surface area contributed by atoms with Crippen LogP contribution in [0.25, 0.3) is 0 Å². The maximum Gasteiger partial charge on any atom is 0.0771 e. The maximum absolute atomic E-state index is 10.4. The minimum absolute atomic E-state index is 0.471. The summed E-state index contributed by atoms with van der Waals surface area (Å²) in [5.41, 5.74) is 0.807.